The van der Waals surface area contributed by atoms with Gasteiger partial charge in [0.1, 0.15) is 22.8 Å². The van der Waals surface area contributed by atoms with Crippen LogP contribution >= 0.6 is 0 Å². The molecule has 3 aromatic carbocycles. The zero-order valence-corrected chi connectivity index (χ0v) is 21.3. The van der Waals surface area contributed by atoms with Crippen molar-refractivity contribution in [1.82, 2.24) is 30.1 Å². The Morgan fingerprint density at radius 1 is 0.854 bits per heavy atom. The molecule has 7 rings (SSSR count). The van der Waals surface area contributed by atoms with Crippen LogP contribution in [0.2, 0.25) is 0 Å². The van der Waals surface area contributed by atoms with Gasteiger partial charge in [-0.25, -0.2) is 18.7 Å². The summed E-state index contributed by atoms with van der Waals surface area (Å²) in [6, 6.07) is 22.3. The first-order valence-corrected chi connectivity index (χ1v) is 12.8. The fourth-order valence-corrected chi connectivity index (χ4v) is 4.93. The zero-order chi connectivity index (χ0) is 27.9. The second-order valence-electron chi connectivity index (χ2n) is 9.46. The standard InChI is InChI=1S/C31H21F2N7O/c32-23-9-5-4-8-21(23)22-12-13-35-29-27(22)37-30(38-29)28-25-24(39-40-28)11-10-20(26(25)33)18-14-19(16-34-15-18)36-31(41)17-6-2-1-3-7-17/h1-16,31,36,41H,(H,39,40)(H,35,37,38). The zero-order valence-electron chi connectivity index (χ0n) is 21.3. The summed E-state index contributed by atoms with van der Waals surface area (Å²) in [7, 11) is 0. The average molecular weight is 546 g/mol. The maximum atomic E-state index is 16.2. The SMILES string of the molecule is OC(Nc1cncc(-c2ccc3[nH]nc(-c4nc5c(-c6ccccc6F)ccnc5[nH]4)c3c2F)c1)c1ccccc1. The molecule has 4 heterocycles. The molecule has 0 aliphatic carbocycles. The maximum Gasteiger partial charge on any atom is 0.161 e. The summed E-state index contributed by atoms with van der Waals surface area (Å²) in [4.78, 5) is 16.4. The lowest BCUT2D eigenvalue weighted by Gasteiger charge is -2.15. The van der Waals surface area contributed by atoms with Crippen molar-refractivity contribution in [1.29, 1.82) is 0 Å². The van der Waals surface area contributed by atoms with Crippen molar-refractivity contribution in [2.75, 3.05) is 5.32 Å². The summed E-state index contributed by atoms with van der Waals surface area (Å²) in [5.41, 5.74) is 4.57. The average Bonchev–Trinajstić information content (AvgIpc) is 3.63. The lowest BCUT2D eigenvalue weighted by atomic mass is 10.0. The van der Waals surface area contributed by atoms with Gasteiger partial charge >= 0.3 is 0 Å². The van der Waals surface area contributed by atoms with Crippen molar-refractivity contribution in [3.63, 3.8) is 0 Å². The topological polar surface area (TPSA) is 115 Å². The minimum Gasteiger partial charge on any atom is -0.369 e. The molecule has 1 unspecified atom stereocenters. The largest absolute Gasteiger partial charge is 0.369 e. The van der Waals surface area contributed by atoms with Crippen LogP contribution in [0.3, 0.4) is 0 Å². The number of rotatable bonds is 6. The first kappa shape index (κ1) is 24.6. The first-order chi connectivity index (χ1) is 20.1. The third-order valence-electron chi connectivity index (χ3n) is 6.91. The number of nitrogens with one attached hydrogen (secondary N) is 3. The molecule has 0 aliphatic rings. The number of pyridine rings is 2. The van der Waals surface area contributed by atoms with Gasteiger partial charge in [-0.3, -0.25) is 10.1 Å². The number of hydrogen-bond acceptors (Lipinski definition) is 6. The summed E-state index contributed by atoms with van der Waals surface area (Å²) >= 11 is 0. The highest BCUT2D eigenvalue weighted by molar-refractivity contribution is 5.98. The Labute approximate surface area is 231 Å². The number of aliphatic hydroxyl groups excluding tert-OH is 1. The molecule has 8 nitrogen and oxygen atoms in total. The Kier molecular flexibility index (Phi) is 5.94. The Morgan fingerprint density at radius 2 is 1.68 bits per heavy atom. The molecular weight excluding hydrogens is 524 g/mol. The number of fused-ring (bicyclic) bond motifs is 2. The lowest BCUT2D eigenvalue weighted by molar-refractivity contribution is 0.208. The van der Waals surface area contributed by atoms with Crippen LogP contribution in [0, 0.1) is 11.6 Å². The van der Waals surface area contributed by atoms with E-state index in [0.717, 1.165) is 0 Å². The van der Waals surface area contributed by atoms with Gasteiger partial charge in [-0.05, 0) is 30.3 Å². The molecule has 0 saturated carbocycles. The van der Waals surface area contributed by atoms with E-state index in [9.17, 15) is 9.50 Å². The maximum absolute atomic E-state index is 16.2. The third kappa shape index (κ3) is 4.36. The molecule has 7 aromatic rings. The number of anilines is 1. The van der Waals surface area contributed by atoms with Crippen molar-refractivity contribution >= 4 is 27.8 Å². The molecule has 41 heavy (non-hydrogen) atoms. The Bertz CT molecular complexity index is 2040. The molecule has 0 aliphatic heterocycles. The van der Waals surface area contributed by atoms with Gasteiger partial charge in [0, 0.05) is 40.2 Å². The van der Waals surface area contributed by atoms with Crippen molar-refractivity contribution in [3.05, 3.63) is 115 Å². The van der Waals surface area contributed by atoms with Crippen LogP contribution < -0.4 is 5.32 Å². The van der Waals surface area contributed by atoms with Crippen molar-refractivity contribution in [2.24, 2.45) is 0 Å². The molecule has 4 aromatic heterocycles. The molecule has 0 spiro atoms. The van der Waals surface area contributed by atoms with Crippen LogP contribution in [0.15, 0.2) is 97.5 Å². The van der Waals surface area contributed by atoms with Gasteiger partial charge in [0.2, 0.25) is 0 Å². The minimum absolute atomic E-state index is 0.233. The molecule has 0 bridgehead atoms. The fourth-order valence-electron chi connectivity index (χ4n) is 4.93. The van der Waals surface area contributed by atoms with Gasteiger partial charge in [-0.2, -0.15) is 5.10 Å². The van der Waals surface area contributed by atoms with Crippen molar-refractivity contribution in [3.8, 4) is 33.8 Å². The summed E-state index contributed by atoms with van der Waals surface area (Å²) in [6.07, 6.45) is 3.72. The molecule has 0 radical (unpaired) electrons. The van der Waals surface area contributed by atoms with Crippen LogP contribution in [-0.2, 0) is 0 Å². The van der Waals surface area contributed by atoms with Gasteiger partial charge in [0.15, 0.2) is 17.7 Å². The summed E-state index contributed by atoms with van der Waals surface area (Å²) in [5.74, 6) is -0.610. The molecular formula is C31H21F2N7O. The van der Waals surface area contributed by atoms with Gasteiger partial charge in [-0.1, -0.05) is 48.5 Å². The predicted octanol–water partition coefficient (Wildman–Crippen LogP) is 6.61. The van der Waals surface area contributed by atoms with E-state index in [2.05, 4.69) is 35.5 Å². The second-order valence-corrected chi connectivity index (χ2v) is 9.46. The number of aliphatic hydroxyl groups is 1. The highest BCUT2D eigenvalue weighted by atomic mass is 19.1. The van der Waals surface area contributed by atoms with Gasteiger partial charge in [0.05, 0.1) is 22.8 Å². The second kappa shape index (κ2) is 9.92. The third-order valence-corrected chi connectivity index (χ3v) is 6.91. The molecule has 200 valence electrons. The summed E-state index contributed by atoms with van der Waals surface area (Å²) in [5, 5.41) is 21.0. The van der Waals surface area contributed by atoms with Crippen LogP contribution in [0.1, 0.15) is 11.8 Å². The first-order valence-electron chi connectivity index (χ1n) is 12.8. The monoisotopic (exact) mass is 545 g/mol. The van der Waals surface area contributed by atoms with Crippen LogP contribution in [0.25, 0.3) is 55.8 Å². The Morgan fingerprint density at radius 3 is 2.54 bits per heavy atom. The molecule has 1 atom stereocenters. The van der Waals surface area contributed by atoms with Gasteiger partial charge in [-0.15, -0.1) is 0 Å². The van der Waals surface area contributed by atoms with Crippen molar-refractivity contribution in [2.45, 2.75) is 6.23 Å². The molecule has 0 amide bonds. The molecule has 0 saturated heterocycles. The number of H-pyrrole nitrogens is 2. The quantitative estimate of drug-likeness (QED) is 0.175. The number of benzene rings is 3. The number of aromatic amines is 2. The minimum atomic E-state index is -0.961. The predicted molar refractivity (Wildman–Crippen MR) is 153 cm³/mol. The molecule has 4 N–H and O–H groups in total. The summed E-state index contributed by atoms with van der Waals surface area (Å²) < 4.78 is 30.8. The Hall–Kier alpha value is -5.48. The van der Waals surface area contributed by atoms with E-state index in [-0.39, 0.29) is 22.7 Å². The van der Waals surface area contributed by atoms with Gasteiger partial charge < -0.3 is 15.4 Å². The fraction of sp³-hybridized carbons (Fsp3) is 0.0323. The molecule has 10 heteroatoms. The normalized spacial score (nSPS) is 12.2. The van der Waals surface area contributed by atoms with E-state index in [1.54, 1.807) is 73.2 Å². The van der Waals surface area contributed by atoms with E-state index in [0.29, 0.717) is 50.2 Å². The number of aromatic nitrogens is 6. The van der Waals surface area contributed by atoms with E-state index in [4.69, 9.17) is 0 Å². The van der Waals surface area contributed by atoms with E-state index >= 15 is 4.39 Å². The summed E-state index contributed by atoms with van der Waals surface area (Å²) in [6.45, 7) is 0. The smallest absolute Gasteiger partial charge is 0.161 e. The van der Waals surface area contributed by atoms with E-state index < -0.39 is 12.0 Å². The highest BCUT2D eigenvalue weighted by Gasteiger charge is 2.21. The van der Waals surface area contributed by atoms with Crippen LogP contribution in [0.5, 0.6) is 0 Å². The highest BCUT2D eigenvalue weighted by Crippen LogP contribution is 2.36. The van der Waals surface area contributed by atoms with Crippen molar-refractivity contribution < 1.29 is 13.9 Å². The van der Waals surface area contributed by atoms with Crippen LogP contribution in [-0.4, -0.2) is 35.2 Å². The lowest BCUT2D eigenvalue weighted by Crippen LogP contribution is -2.09. The van der Waals surface area contributed by atoms with E-state index in [1.165, 1.54) is 6.07 Å². The number of halogens is 2. The van der Waals surface area contributed by atoms with E-state index in [1.807, 2.05) is 18.2 Å². The molecule has 0 fully saturated rings. The number of hydrogen-bond donors (Lipinski definition) is 4. The number of nitrogens with zero attached hydrogens (tertiary/aromatic N) is 4. The van der Waals surface area contributed by atoms with Crippen LogP contribution in [0.4, 0.5) is 14.5 Å². The number of imidazole rings is 1. The Balaban J connectivity index is 1.29. The van der Waals surface area contributed by atoms with Gasteiger partial charge in [0.25, 0.3) is 0 Å².